The molecular weight excluding hydrogens is 284 g/mol. The highest BCUT2D eigenvalue weighted by molar-refractivity contribution is 7.98. The predicted molar refractivity (Wildman–Crippen MR) is 90.0 cm³/mol. The molecule has 2 rings (SSSR count). The summed E-state index contributed by atoms with van der Waals surface area (Å²) in [6, 6.07) is 5.39. The lowest BCUT2D eigenvalue weighted by molar-refractivity contribution is -0.384. The van der Waals surface area contributed by atoms with E-state index in [-0.39, 0.29) is 10.6 Å². The minimum atomic E-state index is -0.289. The van der Waals surface area contributed by atoms with Gasteiger partial charge in [-0.25, -0.2) is 0 Å². The molecule has 1 aliphatic carbocycles. The van der Waals surface area contributed by atoms with E-state index < -0.39 is 0 Å². The van der Waals surface area contributed by atoms with Gasteiger partial charge in [-0.3, -0.25) is 10.1 Å². The lowest BCUT2D eigenvalue weighted by Gasteiger charge is -2.13. The number of nitrogens with one attached hydrogen (secondary N) is 1. The molecule has 0 unspecified atom stereocenters. The van der Waals surface area contributed by atoms with Crippen molar-refractivity contribution in [3.63, 3.8) is 0 Å². The Morgan fingerprint density at radius 3 is 2.81 bits per heavy atom. The largest absolute Gasteiger partial charge is 0.379 e. The minimum absolute atomic E-state index is 0.197. The maximum absolute atomic E-state index is 11.2. The zero-order valence-electron chi connectivity index (χ0n) is 12.6. The zero-order chi connectivity index (χ0) is 15.1. The summed E-state index contributed by atoms with van der Waals surface area (Å²) in [4.78, 5) is 10.9. The Bertz CT molecular complexity index is 473. The quantitative estimate of drug-likeness (QED) is 0.551. The predicted octanol–water partition coefficient (Wildman–Crippen LogP) is 4.84. The first-order valence-electron chi connectivity index (χ1n) is 7.80. The third-order valence-corrected chi connectivity index (χ3v) is 5.19. The number of nitrogens with zero attached hydrogens (tertiary/aromatic N) is 1. The van der Waals surface area contributed by atoms with Gasteiger partial charge in [0.15, 0.2) is 0 Å². The SMILES string of the molecule is CCCNc1c(CSCC2CCCC2)cccc1[N+](=O)[O-]. The Morgan fingerprint density at radius 2 is 2.14 bits per heavy atom. The standard InChI is InChI=1S/C16H24N2O2S/c1-2-10-17-16-14(8-5-9-15(16)18(19)20)12-21-11-13-6-3-4-7-13/h5,8-9,13,17H,2-4,6-7,10-12H2,1H3. The first kappa shape index (κ1) is 16.1. The molecule has 0 atom stereocenters. The molecule has 1 fully saturated rings. The molecule has 1 aliphatic rings. The molecule has 1 N–H and O–H groups in total. The van der Waals surface area contributed by atoms with Gasteiger partial charge in [0.1, 0.15) is 5.69 Å². The van der Waals surface area contributed by atoms with Crippen LogP contribution in [0.1, 0.15) is 44.6 Å². The van der Waals surface area contributed by atoms with Gasteiger partial charge in [-0.05, 0) is 36.5 Å². The second-order valence-corrected chi connectivity index (χ2v) is 6.69. The Kier molecular flexibility index (Phi) is 6.36. The molecule has 1 aromatic carbocycles. The van der Waals surface area contributed by atoms with Crippen molar-refractivity contribution in [1.82, 2.24) is 0 Å². The van der Waals surface area contributed by atoms with Crippen LogP contribution in [0, 0.1) is 16.0 Å². The Balaban J connectivity index is 2.01. The fourth-order valence-electron chi connectivity index (χ4n) is 2.83. The van der Waals surface area contributed by atoms with E-state index in [9.17, 15) is 10.1 Å². The third kappa shape index (κ3) is 4.63. The first-order valence-corrected chi connectivity index (χ1v) is 8.95. The lowest BCUT2D eigenvalue weighted by atomic mass is 10.1. The molecule has 5 heteroatoms. The molecule has 1 aromatic rings. The van der Waals surface area contributed by atoms with Crippen LogP contribution in [-0.2, 0) is 5.75 Å². The van der Waals surface area contributed by atoms with Crippen LogP contribution in [0.3, 0.4) is 0 Å². The Hall–Kier alpha value is -1.23. The van der Waals surface area contributed by atoms with E-state index in [1.165, 1.54) is 31.4 Å². The molecule has 0 saturated heterocycles. The van der Waals surface area contributed by atoms with Crippen molar-refractivity contribution in [3.05, 3.63) is 33.9 Å². The normalized spacial score (nSPS) is 15.3. The van der Waals surface area contributed by atoms with Gasteiger partial charge in [0.2, 0.25) is 0 Å². The second-order valence-electron chi connectivity index (χ2n) is 5.66. The molecule has 0 radical (unpaired) electrons. The topological polar surface area (TPSA) is 55.2 Å². The van der Waals surface area contributed by atoms with Gasteiger partial charge >= 0.3 is 0 Å². The van der Waals surface area contributed by atoms with Crippen LogP contribution < -0.4 is 5.32 Å². The van der Waals surface area contributed by atoms with E-state index >= 15 is 0 Å². The number of rotatable bonds is 8. The van der Waals surface area contributed by atoms with Gasteiger partial charge < -0.3 is 5.32 Å². The molecule has 0 heterocycles. The summed E-state index contributed by atoms with van der Waals surface area (Å²) in [6.07, 6.45) is 6.39. The third-order valence-electron chi connectivity index (χ3n) is 3.96. The van der Waals surface area contributed by atoms with Crippen molar-refractivity contribution in [1.29, 1.82) is 0 Å². The number of nitro benzene ring substituents is 1. The number of para-hydroxylation sites is 1. The van der Waals surface area contributed by atoms with Crippen LogP contribution in [0.2, 0.25) is 0 Å². The van der Waals surface area contributed by atoms with Gasteiger partial charge in [0, 0.05) is 18.4 Å². The van der Waals surface area contributed by atoms with E-state index in [4.69, 9.17) is 0 Å². The summed E-state index contributed by atoms with van der Waals surface area (Å²) in [6.45, 7) is 2.83. The molecule has 0 amide bonds. The van der Waals surface area contributed by atoms with E-state index in [0.717, 1.165) is 30.2 Å². The zero-order valence-corrected chi connectivity index (χ0v) is 13.5. The van der Waals surface area contributed by atoms with Crippen LogP contribution in [0.15, 0.2) is 18.2 Å². The van der Waals surface area contributed by atoms with Crippen LogP contribution in [0.25, 0.3) is 0 Å². The molecule has 1 saturated carbocycles. The van der Waals surface area contributed by atoms with Crippen LogP contribution in [0.5, 0.6) is 0 Å². The van der Waals surface area contributed by atoms with Crippen molar-refractivity contribution in [3.8, 4) is 0 Å². The molecule has 21 heavy (non-hydrogen) atoms. The van der Waals surface area contributed by atoms with E-state index in [0.29, 0.717) is 5.69 Å². The van der Waals surface area contributed by atoms with Crippen LogP contribution in [0.4, 0.5) is 11.4 Å². The number of hydrogen-bond donors (Lipinski definition) is 1. The molecule has 116 valence electrons. The van der Waals surface area contributed by atoms with Gasteiger partial charge in [0.05, 0.1) is 4.92 Å². The Morgan fingerprint density at radius 1 is 1.38 bits per heavy atom. The van der Waals surface area contributed by atoms with E-state index in [2.05, 4.69) is 12.2 Å². The summed E-state index contributed by atoms with van der Waals surface area (Å²) in [5.74, 6) is 2.88. The second kappa shape index (κ2) is 8.27. The van der Waals surface area contributed by atoms with Crippen molar-refractivity contribution in [2.75, 3.05) is 17.6 Å². The summed E-state index contributed by atoms with van der Waals surface area (Å²) < 4.78 is 0. The number of hydrogen-bond acceptors (Lipinski definition) is 4. The lowest BCUT2D eigenvalue weighted by Crippen LogP contribution is -2.06. The molecular formula is C16H24N2O2S. The highest BCUT2D eigenvalue weighted by Gasteiger charge is 2.18. The monoisotopic (exact) mass is 308 g/mol. The van der Waals surface area contributed by atoms with Gasteiger partial charge in [-0.15, -0.1) is 0 Å². The van der Waals surface area contributed by atoms with Crippen LogP contribution in [-0.4, -0.2) is 17.2 Å². The highest BCUT2D eigenvalue weighted by Crippen LogP contribution is 2.33. The van der Waals surface area contributed by atoms with Gasteiger partial charge in [0.25, 0.3) is 5.69 Å². The maximum atomic E-state index is 11.2. The fourth-order valence-corrected chi connectivity index (χ4v) is 4.07. The fraction of sp³-hybridized carbons (Fsp3) is 0.625. The molecule has 0 bridgehead atoms. The van der Waals surface area contributed by atoms with Crippen molar-refractivity contribution in [2.24, 2.45) is 5.92 Å². The summed E-state index contributed by atoms with van der Waals surface area (Å²) in [7, 11) is 0. The number of thioether (sulfide) groups is 1. The van der Waals surface area contributed by atoms with Crippen molar-refractivity contribution in [2.45, 2.75) is 44.8 Å². The average Bonchev–Trinajstić information content (AvgIpc) is 2.98. The Labute approximate surface area is 130 Å². The van der Waals surface area contributed by atoms with E-state index in [1.807, 2.05) is 17.8 Å². The molecule has 0 spiro atoms. The number of nitro groups is 1. The number of anilines is 1. The van der Waals surface area contributed by atoms with Crippen LogP contribution >= 0.6 is 11.8 Å². The molecule has 4 nitrogen and oxygen atoms in total. The van der Waals surface area contributed by atoms with Crippen molar-refractivity contribution < 1.29 is 4.92 Å². The first-order chi connectivity index (χ1) is 10.2. The summed E-state index contributed by atoms with van der Waals surface area (Å²) in [5, 5.41) is 14.4. The maximum Gasteiger partial charge on any atom is 0.292 e. The summed E-state index contributed by atoms with van der Waals surface area (Å²) >= 11 is 1.91. The van der Waals surface area contributed by atoms with E-state index in [1.54, 1.807) is 12.1 Å². The molecule has 0 aromatic heterocycles. The van der Waals surface area contributed by atoms with Crippen molar-refractivity contribution >= 4 is 23.1 Å². The smallest absolute Gasteiger partial charge is 0.292 e. The summed E-state index contributed by atoms with van der Waals surface area (Å²) in [5.41, 5.74) is 1.96. The number of benzene rings is 1. The van der Waals surface area contributed by atoms with Gasteiger partial charge in [-0.2, -0.15) is 11.8 Å². The molecule has 0 aliphatic heterocycles. The average molecular weight is 308 g/mol. The van der Waals surface area contributed by atoms with Gasteiger partial charge in [-0.1, -0.05) is 31.9 Å². The minimum Gasteiger partial charge on any atom is -0.379 e. The highest BCUT2D eigenvalue weighted by atomic mass is 32.2.